The molecule has 2 heterocycles. The Hall–Kier alpha value is -2.88. The van der Waals surface area contributed by atoms with Crippen LogP contribution < -0.4 is 15.4 Å². The quantitative estimate of drug-likeness (QED) is 0.486. The highest BCUT2D eigenvalue weighted by Gasteiger charge is 2.18. The van der Waals surface area contributed by atoms with Crippen LogP contribution in [-0.2, 0) is 11.8 Å². The van der Waals surface area contributed by atoms with Crippen LogP contribution >= 0.6 is 27.5 Å². The van der Waals surface area contributed by atoms with Gasteiger partial charge in [0, 0.05) is 48.5 Å². The number of halogens is 2. The van der Waals surface area contributed by atoms with Gasteiger partial charge in [-0.1, -0.05) is 17.7 Å². The minimum atomic E-state index is -0.260. The van der Waals surface area contributed by atoms with Crippen molar-refractivity contribution in [2.45, 2.75) is 0 Å². The van der Waals surface area contributed by atoms with E-state index in [2.05, 4.69) is 36.6 Å². The predicted molar refractivity (Wildman–Crippen MR) is 131 cm³/mol. The number of piperazine rings is 1. The van der Waals surface area contributed by atoms with E-state index in [0.29, 0.717) is 48.3 Å². The molecule has 1 aliphatic heterocycles. The normalized spacial score (nSPS) is 14.1. The van der Waals surface area contributed by atoms with E-state index in [0.717, 1.165) is 22.3 Å². The molecule has 2 aromatic carbocycles. The van der Waals surface area contributed by atoms with Crippen molar-refractivity contribution in [3.05, 3.63) is 63.7 Å². The number of nitrogens with zero attached hydrogens (tertiary/aromatic N) is 3. The zero-order valence-electron chi connectivity index (χ0n) is 18.0. The van der Waals surface area contributed by atoms with Crippen molar-refractivity contribution < 1.29 is 14.3 Å². The predicted octanol–water partition coefficient (Wildman–Crippen LogP) is 3.57. The Labute approximate surface area is 205 Å². The second kappa shape index (κ2) is 10.4. The van der Waals surface area contributed by atoms with Crippen molar-refractivity contribution in [1.29, 1.82) is 0 Å². The Kier molecular flexibility index (Phi) is 7.32. The van der Waals surface area contributed by atoms with Crippen molar-refractivity contribution in [1.82, 2.24) is 20.0 Å². The molecular formula is C23H23BrClN5O3. The number of aromatic nitrogens is 2. The molecule has 3 aromatic rings. The van der Waals surface area contributed by atoms with Crippen molar-refractivity contribution >= 4 is 45.0 Å². The molecule has 33 heavy (non-hydrogen) atoms. The summed E-state index contributed by atoms with van der Waals surface area (Å²) >= 11 is 9.57. The molecule has 10 heteroatoms. The first kappa shape index (κ1) is 23.3. The summed E-state index contributed by atoms with van der Waals surface area (Å²) in [7, 11) is 1.84. The van der Waals surface area contributed by atoms with Gasteiger partial charge < -0.3 is 15.4 Å². The van der Waals surface area contributed by atoms with Crippen LogP contribution in [0.25, 0.3) is 11.3 Å². The Morgan fingerprint density at radius 3 is 2.88 bits per heavy atom. The smallest absolute Gasteiger partial charge is 0.255 e. The standard InChI is InChI=1S/C23H23BrClN5O3/c1-29-22(19(24)13-27-29)18-12-17(28-23(32)15-3-2-4-16(25)11-15)5-6-20(18)33-10-9-30-8-7-26-21(31)14-30/h2-6,11-13H,7-10,14H2,1H3,(H,26,31)(H,28,32). The van der Waals surface area contributed by atoms with Gasteiger partial charge in [0.15, 0.2) is 0 Å². The van der Waals surface area contributed by atoms with E-state index in [1.807, 2.05) is 19.2 Å². The van der Waals surface area contributed by atoms with E-state index < -0.39 is 0 Å². The number of aryl methyl sites for hydroxylation is 1. The Bertz CT molecular complexity index is 1160. The molecule has 2 amide bonds. The molecule has 2 N–H and O–H groups in total. The summed E-state index contributed by atoms with van der Waals surface area (Å²) in [5.74, 6) is 0.423. The first-order valence-corrected chi connectivity index (χ1v) is 11.6. The lowest BCUT2D eigenvalue weighted by Gasteiger charge is -2.26. The molecule has 1 aliphatic rings. The average molecular weight is 533 g/mol. The number of nitrogens with one attached hydrogen (secondary N) is 2. The van der Waals surface area contributed by atoms with Crippen LogP contribution in [0, 0.1) is 0 Å². The maximum Gasteiger partial charge on any atom is 0.255 e. The van der Waals surface area contributed by atoms with E-state index in [1.54, 1.807) is 41.2 Å². The van der Waals surface area contributed by atoms with Gasteiger partial charge in [0.2, 0.25) is 5.91 Å². The van der Waals surface area contributed by atoms with Gasteiger partial charge in [-0.3, -0.25) is 19.2 Å². The fraction of sp³-hybridized carbons (Fsp3) is 0.261. The second-order valence-electron chi connectivity index (χ2n) is 7.61. The Balaban J connectivity index is 1.55. The minimum absolute atomic E-state index is 0.0283. The van der Waals surface area contributed by atoms with E-state index in [-0.39, 0.29) is 11.8 Å². The van der Waals surface area contributed by atoms with Crippen molar-refractivity contribution in [2.75, 3.05) is 38.1 Å². The van der Waals surface area contributed by atoms with Crippen LogP contribution in [0.2, 0.25) is 5.02 Å². The lowest BCUT2D eigenvalue weighted by molar-refractivity contribution is -0.124. The zero-order valence-corrected chi connectivity index (χ0v) is 20.3. The summed E-state index contributed by atoms with van der Waals surface area (Å²) in [6.45, 7) is 2.87. The van der Waals surface area contributed by atoms with Gasteiger partial charge in [0.05, 0.1) is 22.9 Å². The molecule has 172 valence electrons. The number of amides is 2. The largest absolute Gasteiger partial charge is 0.492 e. The first-order valence-electron chi connectivity index (χ1n) is 10.4. The van der Waals surface area contributed by atoms with Gasteiger partial charge in [-0.25, -0.2) is 0 Å². The van der Waals surface area contributed by atoms with Gasteiger partial charge in [-0.2, -0.15) is 5.10 Å². The maximum atomic E-state index is 12.7. The molecule has 0 atom stereocenters. The van der Waals surface area contributed by atoms with Crippen LogP contribution in [0.4, 0.5) is 5.69 Å². The minimum Gasteiger partial charge on any atom is -0.492 e. The number of ether oxygens (including phenoxy) is 1. The highest BCUT2D eigenvalue weighted by atomic mass is 79.9. The summed E-state index contributed by atoms with van der Waals surface area (Å²) in [6.07, 6.45) is 1.71. The number of anilines is 1. The van der Waals surface area contributed by atoms with Crippen LogP contribution in [-0.4, -0.2) is 59.3 Å². The Morgan fingerprint density at radius 2 is 2.15 bits per heavy atom. The van der Waals surface area contributed by atoms with Crippen molar-refractivity contribution in [3.63, 3.8) is 0 Å². The summed E-state index contributed by atoms with van der Waals surface area (Å²) in [5, 5.41) is 10.5. The van der Waals surface area contributed by atoms with Gasteiger partial charge in [0.25, 0.3) is 5.91 Å². The topological polar surface area (TPSA) is 88.5 Å². The number of hydrogen-bond donors (Lipinski definition) is 2. The van der Waals surface area contributed by atoms with Gasteiger partial charge in [-0.05, 0) is 52.3 Å². The molecule has 1 fully saturated rings. The number of hydrogen-bond acceptors (Lipinski definition) is 5. The maximum absolute atomic E-state index is 12.7. The molecule has 0 unspecified atom stereocenters. The number of rotatable bonds is 7. The van der Waals surface area contributed by atoms with Crippen LogP contribution in [0.5, 0.6) is 5.75 Å². The second-order valence-corrected chi connectivity index (χ2v) is 8.91. The summed E-state index contributed by atoms with van der Waals surface area (Å²) in [4.78, 5) is 26.3. The molecule has 0 radical (unpaired) electrons. The fourth-order valence-corrected chi connectivity index (χ4v) is 4.38. The summed E-state index contributed by atoms with van der Waals surface area (Å²) in [5.41, 5.74) is 2.68. The highest BCUT2D eigenvalue weighted by molar-refractivity contribution is 9.10. The number of benzene rings is 2. The summed E-state index contributed by atoms with van der Waals surface area (Å²) in [6, 6.07) is 12.3. The van der Waals surface area contributed by atoms with E-state index >= 15 is 0 Å². The van der Waals surface area contributed by atoms with Crippen LogP contribution in [0.1, 0.15) is 10.4 Å². The average Bonchev–Trinajstić information content (AvgIpc) is 3.12. The molecule has 0 spiro atoms. The number of carbonyl (C=O) groups is 2. The lowest BCUT2D eigenvalue weighted by atomic mass is 10.1. The molecule has 0 bridgehead atoms. The first-order chi connectivity index (χ1) is 15.9. The summed E-state index contributed by atoms with van der Waals surface area (Å²) < 4.78 is 8.65. The molecule has 0 aliphatic carbocycles. The fourth-order valence-electron chi connectivity index (χ4n) is 3.63. The number of carbonyl (C=O) groups excluding carboxylic acids is 2. The van der Waals surface area contributed by atoms with Crippen LogP contribution in [0.15, 0.2) is 53.1 Å². The molecule has 8 nitrogen and oxygen atoms in total. The van der Waals surface area contributed by atoms with E-state index in [1.165, 1.54) is 0 Å². The van der Waals surface area contributed by atoms with Crippen molar-refractivity contribution in [2.24, 2.45) is 7.05 Å². The van der Waals surface area contributed by atoms with Gasteiger partial charge in [0.1, 0.15) is 12.4 Å². The molecule has 0 saturated carbocycles. The molecule has 1 saturated heterocycles. The highest BCUT2D eigenvalue weighted by Crippen LogP contribution is 2.36. The van der Waals surface area contributed by atoms with Crippen molar-refractivity contribution in [3.8, 4) is 17.0 Å². The lowest BCUT2D eigenvalue weighted by Crippen LogP contribution is -2.48. The Morgan fingerprint density at radius 1 is 1.30 bits per heavy atom. The third-order valence-corrected chi connectivity index (χ3v) is 6.07. The third-order valence-electron chi connectivity index (χ3n) is 5.26. The SMILES string of the molecule is Cn1ncc(Br)c1-c1cc(NC(=O)c2cccc(Cl)c2)ccc1OCCN1CCNC(=O)C1. The van der Waals surface area contributed by atoms with E-state index in [4.69, 9.17) is 16.3 Å². The molecular weight excluding hydrogens is 510 g/mol. The molecule has 1 aromatic heterocycles. The van der Waals surface area contributed by atoms with Gasteiger partial charge >= 0.3 is 0 Å². The van der Waals surface area contributed by atoms with Crippen LogP contribution in [0.3, 0.4) is 0 Å². The monoisotopic (exact) mass is 531 g/mol. The zero-order chi connectivity index (χ0) is 23.4. The van der Waals surface area contributed by atoms with Gasteiger partial charge in [-0.15, -0.1) is 0 Å². The third kappa shape index (κ3) is 5.73. The molecule has 4 rings (SSSR count). The van der Waals surface area contributed by atoms with E-state index in [9.17, 15) is 9.59 Å².